The van der Waals surface area contributed by atoms with Crippen molar-refractivity contribution in [3.05, 3.63) is 76.1 Å². The summed E-state index contributed by atoms with van der Waals surface area (Å²) >= 11 is 0. The van der Waals surface area contributed by atoms with Crippen LogP contribution in [0, 0.1) is 10.1 Å². The van der Waals surface area contributed by atoms with Crippen LogP contribution in [0.4, 0.5) is 5.69 Å². The Balaban J connectivity index is 1.46. The van der Waals surface area contributed by atoms with Crippen LogP contribution in [-0.4, -0.2) is 32.9 Å². The number of nitro groups is 1. The summed E-state index contributed by atoms with van der Waals surface area (Å²) in [5.74, 6) is 0. The average molecular weight is 334 g/mol. The summed E-state index contributed by atoms with van der Waals surface area (Å²) in [4.78, 5) is 20.3. The number of pyridine rings is 1. The molecule has 4 rings (SSSR count). The van der Waals surface area contributed by atoms with Crippen LogP contribution >= 0.6 is 0 Å². The van der Waals surface area contributed by atoms with Crippen molar-refractivity contribution in [1.29, 1.82) is 0 Å². The molecule has 0 radical (unpaired) electrons. The lowest BCUT2D eigenvalue weighted by Gasteiger charge is -2.26. The fourth-order valence-electron chi connectivity index (χ4n) is 3.30. The molecule has 6 nitrogen and oxygen atoms in total. The van der Waals surface area contributed by atoms with Crippen molar-refractivity contribution in [2.45, 2.75) is 13.0 Å². The number of nitro benzene ring substituents is 1. The zero-order valence-corrected chi connectivity index (χ0v) is 13.7. The van der Waals surface area contributed by atoms with E-state index in [2.05, 4.69) is 27.0 Å². The number of benzene rings is 1. The summed E-state index contributed by atoms with van der Waals surface area (Å²) in [6.07, 6.45) is 7.08. The van der Waals surface area contributed by atoms with Gasteiger partial charge in [0.2, 0.25) is 0 Å². The number of H-pyrrole nitrogens is 1. The molecule has 1 N–H and O–H groups in total. The topological polar surface area (TPSA) is 75.1 Å². The highest BCUT2D eigenvalue weighted by atomic mass is 16.6. The zero-order chi connectivity index (χ0) is 17.2. The van der Waals surface area contributed by atoms with Crippen molar-refractivity contribution < 1.29 is 4.92 Å². The van der Waals surface area contributed by atoms with E-state index in [0.29, 0.717) is 0 Å². The highest BCUT2D eigenvalue weighted by Crippen LogP contribution is 2.28. The summed E-state index contributed by atoms with van der Waals surface area (Å²) < 4.78 is 0. The molecular formula is C19H18N4O2. The number of rotatable bonds is 4. The number of hydrogen-bond donors (Lipinski definition) is 1. The second kappa shape index (κ2) is 6.49. The van der Waals surface area contributed by atoms with Crippen molar-refractivity contribution in [2.24, 2.45) is 0 Å². The second-order valence-electron chi connectivity index (χ2n) is 6.24. The quantitative estimate of drug-likeness (QED) is 0.582. The fraction of sp³-hybridized carbons (Fsp3) is 0.211. The smallest absolute Gasteiger partial charge is 0.269 e. The molecule has 0 spiro atoms. The van der Waals surface area contributed by atoms with Gasteiger partial charge in [-0.05, 0) is 29.7 Å². The minimum atomic E-state index is -0.365. The van der Waals surface area contributed by atoms with Gasteiger partial charge in [-0.2, -0.15) is 0 Å². The largest absolute Gasteiger partial charge is 0.346 e. The average Bonchev–Trinajstić information content (AvgIpc) is 3.07. The molecule has 0 bridgehead atoms. The van der Waals surface area contributed by atoms with Crippen molar-refractivity contribution >= 4 is 22.3 Å². The van der Waals surface area contributed by atoms with E-state index >= 15 is 0 Å². The minimum absolute atomic E-state index is 0.137. The molecule has 25 heavy (non-hydrogen) atoms. The highest BCUT2D eigenvalue weighted by molar-refractivity contribution is 5.90. The van der Waals surface area contributed by atoms with Crippen molar-refractivity contribution in [2.75, 3.05) is 13.1 Å². The van der Waals surface area contributed by atoms with Gasteiger partial charge in [-0.15, -0.1) is 0 Å². The first kappa shape index (κ1) is 15.5. The summed E-state index contributed by atoms with van der Waals surface area (Å²) in [5.41, 5.74) is 4.74. The van der Waals surface area contributed by atoms with Crippen LogP contribution in [0.15, 0.2) is 54.9 Å². The molecule has 0 saturated carbocycles. The summed E-state index contributed by atoms with van der Waals surface area (Å²) in [5, 5.41) is 11.9. The molecule has 0 amide bonds. The summed E-state index contributed by atoms with van der Waals surface area (Å²) in [7, 11) is 0. The van der Waals surface area contributed by atoms with Crippen LogP contribution in [0.25, 0.3) is 16.6 Å². The monoisotopic (exact) mass is 334 g/mol. The van der Waals surface area contributed by atoms with Gasteiger partial charge in [-0.3, -0.25) is 15.0 Å². The number of nitrogens with zero attached hydrogens (tertiary/aromatic N) is 3. The number of aromatic nitrogens is 2. The van der Waals surface area contributed by atoms with Crippen LogP contribution < -0.4 is 0 Å². The van der Waals surface area contributed by atoms with Gasteiger partial charge in [0, 0.05) is 55.1 Å². The third kappa shape index (κ3) is 3.16. The van der Waals surface area contributed by atoms with E-state index in [1.807, 2.05) is 24.4 Å². The van der Waals surface area contributed by atoms with E-state index in [-0.39, 0.29) is 10.6 Å². The Morgan fingerprint density at radius 2 is 2.08 bits per heavy atom. The van der Waals surface area contributed by atoms with Gasteiger partial charge >= 0.3 is 0 Å². The lowest BCUT2D eigenvalue weighted by atomic mass is 9.99. The predicted molar refractivity (Wildman–Crippen MR) is 97.1 cm³/mol. The summed E-state index contributed by atoms with van der Waals surface area (Å²) in [6.45, 7) is 2.65. The second-order valence-corrected chi connectivity index (χ2v) is 6.24. The molecule has 0 atom stereocenters. The van der Waals surface area contributed by atoms with Crippen molar-refractivity contribution in [1.82, 2.24) is 14.9 Å². The zero-order valence-electron chi connectivity index (χ0n) is 13.7. The van der Waals surface area contributed by atoms with E-state index < -0.39 is 0 Å². The number of hydrogen-bond acceptors (Lipinski definition) is 4. The van der Waals surface area contributed by atoms with E-state index in [1.54, 1.807) is 18.3 Å². The Labute approximate surface area is 145 Å². The first-order chi connectivity index (χ1) is 12.2. The van der Waals surface area contributed by atoms with Crippen LogP contribution in [0.3, 0.4) is 0 Å². The maximum absolute atomic E-state index is 10.7. The normalized spacial score (nSPS) is 15.3. The Kier molecular flexibility index (Phi) is 4.03. The molecule has 0 fully saturated rings. The van der Waals surface area contributed by atoms with Crippen LogP contribution in [0.2, 0.25) is 0 Å². The van der Waals surface area contributed by atoms with Crippen LogP contribution in [0.1, 0.15) is 17.5 Å². The molecule has 0 saturated heterocycles. The van der Waals surface area contributed by atoms with Gasteiger partial charge in [0.05, 0.1) is 4.92 Å². The van der Waals surface area contributed by atoms with Gasteiger partial charge < -0.3 is 4.98 Å². The molecule has 1 aliphatic heterocycles. The maximum atomic E-state index is 10.7. The lowest BCUT2D eigenvalue weighted by Crippen LogP contribution is -2.27. The minimum Gasteiger partial charge on any atom is -0.346 e. The van der Waals surface area contributed by atoms with Gasteiger partial charge in [0.25, 0.3) is 5.69 Å². The molecule has 1 aliphatic rings. The van der Waals surface area contributed by atoms with Crippen LogP contribution in [-0.2, 0) is 6.54 Å². The number of aromatic amines is 1. The fourth-order valence-corrected chi connectivity index (χ4v) is 3.30. The van der Waals surface area contributed by atoms with Gasteiger partial charge in [-0.25, -0.2) is 4.98 Å². The molecule has 0 aliphatic carbocycles. The molecule has 1 aromatic carbocycles. The Bertz CT molecular complexity index is 943. The molecule has 0 unspecified atom stereocenters. The third-order valence-electron chi connectivity index (χ3n) is 4.64. The van der Waals surface area contributed by atoms with Crippen molar-refractivity contribution in [3.63, 3.8) is 0 Å². The number of non-ortho nitro benzene ring substituents is 1. The van der Waals surface area contributed by atoms with Gasteiger partial charge in [0.15, 0.2) is 0 Å². The first-order valence-corrected chi connectivity index (χ1v) is 8.28. The van der Waals surface area contributed by atoms with E-state index in [1.165, 1.54) is 11.1 Å². The third-order valence-corrected chi connectivity index (χ3v) is 4.64. The lowest BCUT2D eigenvalue weighted by molar-refractivity contribution is -0.384. The van der Waals surface area contributed by atoms with Gasteiger partial charge in [-0.1, -0.05) is 18.2 Å². The number of nitrogens with one attached hydrogen (secondary N) is 1. The maximum Gasteiger partial charge on any atom is 0.269 e. The van der Waals surface area contributed by atoms with Gasteiger partial charge in [0.1, 0.15) is 5.65 Å². The molecule has 2 aromatic heterocycles. The Hall–Kier alpha value is -2.99. The highest BCUT2D eigenvalue weighted by Gasteiger charge is 2.16. The van der Waals surface area contributed by atoms with E-state index in [4.69, 9.17) is 0 Å². The van der Waals surface area contributed by atoms with E-state index in [9.17, 15) is 10.1 Å². The molecule has 3 heterocycles. The molecular weight excluding hydrogens is 316 g/mol. The Morgan fingerprint density at radius 1 is 1.24 bits per heavy atom. The van der Waals surface area contributed by atoms with E-state index in [0.717, 1.165) is 42.7 Å². The summed E-state index contributed by atoms with van der Waals surface area (Å²) in [6, 6.07) is 10.9. The first-order valence-electron chi connectivity index (χ1n) is 8.28. The molecule has 126 valence electrons. The van der Waals surface area contributed by atoms with Crippen molar-refractivity contribution in [3.8, 4) is 0 Å². The van der Waals surface area contributed by atoms with Crippen LogP contribution in [0.5, 0.6) is 0 Å². The standard InChI is InChI=1S/C19H18N4O2/c24-23(25)16-5-3-14(4-6-16)13-22-10-7-15(8-11-22)18-12-21-19-17(18)2-1-9-20-19/h1-7,9,12H,8,10-11,13H2,(H,20,21). The predicted octanol–water partition coefficient (Wildman–Crippen LogP) is 3.76. The molecule has 3 aromatic rings. The Morgan fingerprint density at radius 3 is 2.80 bits per heavy atom. The SMILES string of the molecule is O=[N+]([O-])c1ccc(CN2CC=C(c3c[nH]c4ncccc34)CC2)cc1. The molecule has 6 heteroatoms. The number of fused-ring (bicyclic) bond motifs is 1.